The van der Waals surface area contributed by atoms with Crippen molar-refractivity contribution >= 4 is 33.3 Å². The summed E-state index contributed by atoms with van der Waals surface area (Å²) in [6.07, 6.45) is 7.98. The van der Waals surface area contributed by atoms with E-state index in [-0.39, 0.29) is 0 Å². The molecule has 31 heavy (non-hydrogen) atoms. The van der Waals surface area contributed by atoms with Crippen molar-refractivity contribution in [2.24, 2.45) is 0 Å². The first kappa shape index (κ1) is 18.7. The molecule has 6 rings (SSSR count). The molecule has 7 heteroatoms. The number of aromatic nitrogens is 4. The van der Waals surface area contributed by atoms with Gasteiger partial charge in [0.25, 0.3) is 0 Å². The summed E-state index contributed by atoms with van der Waals surface area (Å²) in [7, 11) is 0. The summed E-state index contributed by atoms with van der Waals surface area (Å²) in [4.78, 5) is 26.4. The summed E-state index contributed by atoms with van der Waals surface area (Å²) in [5.41, 5.74) is 2.75. The minimum absolute atomic E-state index is 0.768. The summed E-state index contributed by atoms with van der Waals surface area (Å²) in [6, 6.07) is 12.4. The van der Waals surface area contributed by atoms with E-state index in [9.17, 15) is 0 Å². The molecular formula is C24H24N6S. The van der Waals surface area contributed by atoms with E-state index >= 15 is 0 Å². The second kappa shape index (κ2) is 7.89. The number of fused-ring (bicyclic) bond motifs is 3. The summed E-state index contributed by atoms with van der Waals surface area (Å²) < 4.78 is 0. The number of piperazine rings is 1. The first-order valence-electron chi connectivity index (χ1n) is 11.0. The highest BCUT2D eigenvalue weighted by Crippen LogP contribution is 2.41. The Morgan fingerprint density at radius 1 is 0.839 bits per heavy atom. The summed E-state index contributed by atoms with van der Waals surface area (Å²) in [5, 5.41) is 1.30. The monoisotopic (exact) mass is 428 g/mol. The van der Waals surface area contributed by atoms with Gasteiger partial charge >= 0.3 is 0 Å². The van der Waals surface area contributed by atoms with E-state index in [0.717, 1.165) is 61.4 Å². The van der Waals surface area contributed by atoms with Crippen LogP contribution in [-0.4, -0.2) is 46.1 Å². The van der Waals surface area contributed by atoms with Crippen molar-refractivity contribution < 1.29 is 0 Å². The zero-order valence-corrected chi connectivity index (χ0v) is 18.2. The maximum absolute atomic E-state index is 5.14. The number of nitrogens with zero attached hydrogens (tertiary/aromatic N) is 6. The summed E-state index contributed by atoms with van der Waals surface area (Å²) in [5.74, 6) is 2.86. The van der Waals surface area contributed by atoms with Crippen LogP contribution in [0.1, 0.15) is 28.2 Å². The van der Waals surface area contributed by atoms with Gasteiger partial charge in [-0.3, -0.25) is 0 Å². The number of anilines is 2. The molecule has 1 fully saturated rings. The van der Waals surface area contributed by atoms with Crippen LogP contribution < -0.4 is 9.80 Å². The smallest absolute Gasteiger partial charge is 0.225 e. The molecule has 156 valence electrons. The van der Waals surface area contributed by atoms with Gasteiger partial charge in [-0.15, -0.1) is 11.3 Å². The zero-order chi connectivity index (χ0) is 20.6. The Labute approximate surface area is 185 Å². The lowest BCUT2D eigenvalue weighted by atomic mass is 10.1. The number of hydrogen-bond acceptors (Lipinski definition) is 7. The van der Waals surface area contributed by atoms with E-state index in [4.69, 9.17) is 9.97 Å². The molecule has 4 heterocycles. The van der Waals surface area contributed by atoms with Crippen molar-refractivity contribution in [3.8, 4) is 0 Å². The van der Waals surface area contributed by atoms with Crippen molar-refractivity contribution in [2.45, 2.75) is 25.7 Å². The third-order valence-electron chi connectivity index (χ3n) is 6.21. The molecule has 1 aliphatic heterocycles. The summed E-state index contributed by atoms with van der Waals surface area (Å²) in [6.45, 7) is 3.63. The Kier molecular flexibility index (Phi) is 4.76. The second-order valence-corrected chi connectivity index (χ2v) is 9.27. The van der Waals surface area contributed by atoms with E-state index < -0.39 is 0 Å². The molecule has 4 aromatic rings. The number of aryl methyl sites for hydroxylation is 2. The lowest BCUT2D eigenvalue weighted by Crippen LogP contribution is -2.47. The van der Waals surface area contributed by atoms with Crippen LogP contribution in [0.3, 0.4) is 0 Å². The van der Waals surface area contributed by atoms with Crippen molar-refractivity contribution in [2.75, 3.05) is 36.0 Å². The first-order chi connectivity index (χ1) is 15.3. The van der Waals surface area contributed by atoms with Crippen molar-refractivity contribution in [1.82, 2.24) is 19.9 Å². The third kappa shape index (κ3) is 3.53. The molecule has 1 aliphatic carbocycles. The number of hydrogen-bond donors (Lipinski definition) is 0. The number of rotatable bonds is 4. The van der Waals surface area contributed by atoms with Crippen LogP contribution in [0.4, 0.5) is 11.8 Å². The van der Waals surface area contributed by atoms with Crippen LogP contribution in [0.5, 0.6) is 0 Å². The molecule has 1 saturated heterocycles. The van der Waals surface area contributed by atoms with Gasteiger partial charge in [0.05, 0.1) is 5.39 Å². The maximum Gasteiger partial charge on any atom is 0.225 e. The maximum atomic E-state index is 5.14. The van der Waals surface area contributed by atoms with Crippen LogP contribution >= 0.6 is 11.3 Å². The van der Waals surface area contributed by atoms with Crippen LogP contribution in [-0.2, 0) is 19.3 Å². The van der Waals surface area contributed by atoms with Gasteiger partial charge in [-0.05, 0) is 36.5 Å². The van der Waals surface area contributed by atoms with Crippen LogP contribution in [0.25, 0.3) is 10.2 Å². The summed E-state index contributed by atoms with van der Waals surface area (Å²) >= 11 is 1.88. The molecule has 0 atom stereocenters. The normalized spacial score (nSPS) is 16.1. The zero-order valence-electron chi connectivity index (χ0n) is 17.4. The molecule has 3 aromatic heterocycles. The fourth-order valence-corrected chi connectivity index (χ4v) is 5.95. The van der Waals surface area contributed by atoms with E-state index in [1.807, 2.05) is 29.8 Å². The molecule has 0 amide bonds. The Morgan fingerprint density at radius 3 is 2.42 bits per heavy atom. The Hall–Kier alpha value is -3.06. The largest absolute Gasteiger partial charge is 0.352 e. The van der Waals surface area contributed by atoms with Gasteiger partial charge in [-0.1, -0.05) is 30.3 Å². The second-order valence-electron chi connectivity index (χ2n) is 8.19. The molecule has 0 N–H and O–H groups in total. The number of benzene rings is 1. The first-order valence-corrected chi connectivity index (χ1v) is 11.8. The van der Waals surface area contributed by atoms with Crippen molar-refractivity contribution in [3.63, 3.8) is 0 Å². The predicted molar refractivity (Wildman–Crippen MR) is 125 cm³/mol. The highest BCUT2D eigenvalue weighted by atomic mass is 32.1. The quantitative estimate of drug-likeness (QED) is 0.492. The van der Waals surface area contributed by atoms with Crippen molar-refractivity contribution in [1.29, 1.82) is 0 Å². The minimum Gasteiger partial charge on any atom is -0.352 e. The average Bonchev–Trinajstić information content (AvgIpc) is 3.41. The molecule has 0 bridgehead atoms. The highest BCUT2D eigenvalue weighted by molar-refractivity contribution is 7.19. The molecule has 0 radical (unpaired) electrons. The number of thiophene rings is 1. The molecule has 0 saturated carbocycles. The van der Waals surface area contributed by atoms with E-state index in [1.165, 1.54) is 34.2 Å². The van der Waals surface area contributed by atoms with Gasteiger partial charge in [-0.25, -0.2) is 19.9 Å². The van der Waals surface area contributed by atoms with Crippen LogP contribution in [0.15, 0.2) is 48.8 Å². The highest BCUT2D eigenvalue weighted by Gasteiger charge is 2.27. The van der Waals surface area contributed by atoms with Gasteiger partial charge in [0.15, 0.2) is 0 Å². The van der Waals surface area contributed by atoms with Gasteiger partial charge in [0, 0.05) is 49.9 Å². The molecule has 0 unspecified atom stereocenters. The third-order valence-corrected chi connectivity index (χ3v) is 7.40. The standard InChI is InChI=1S/C24H24N6S/c1-2-6-17(7-3-1)16-20-27-22(21-18-8-4-9-19(18)31-23(21)28-20)29-12-14-30(15-13-29)24-25-10-5-11-26-24/h1-3,5-7,10-11H,4,8-9,12-16H2. The minimum atomic E-state index is 0.768. The Morgan fingerprint density at radius 2 is 1.61 bits per heavy atom. The Bertz CT molecular complexity index is 1200. The molecule has 2 aliphatic rings. The molecular weight excluding hydrogens is 404 g/mol. The van der Waals surface area contributed by atoms with E-state index in [2.05, 4.69) is 50.1 Å². The van der Waals surface area contributed by atoms with E-state index in [0.29, 0.717) is 0 Å². The van der Waals surface area contributed by atoms with Crippen LogP contribution in [0, 0.1) is 0 Å². The molecule has 1 aromatic carbocycles. The van der Waals surface area contributed by atoms with Gasteiger partial charge in [-0.2, -0.15) is 0 Å². The van der Waals surface area contributed by atoms with Crippen LogP contribution in [0.2, 0.25) is 0 Å². The topological polar surface area (TPSA) is 58.0 Å². The molecule has 6 nitrogen and oxygen atoms in total. The SMILES string of the molecule is c1ccc(Cc2nc(N3CCN(c4ncccn4)CC3)c3c4c(sc3n2)CCC4)cc1. The van der Waals surface area contributed by atoms with Crippen molar-refractivity contribution in [3.05, 3.63) is 70.6 Å². The average molecular weight is 429 g/mol. The fourth-order valence-electron chi connectivity index (χ4n) is 4.68. The lowest BCUT2D eigenvalue weighted by Gasteiger charge is -2.35. The molecule has 0 spiro atoms. The Balaban J connectivity index is 1.34. The fraction of sp³-hybridized carbons (Fsp3) is 0.333. The predicted octanol–water partition coefficient (Wildman–Crippen LogP) is 3.89. The lowest BCUT2D eigenvalue weighted by molar-refractivity contribution is 0.634. The van der Waals surface area contributed by atoms with E-state index in [1.54, 1.807) is 0 Å². The van der Waals surface area contributed by atoms with Gasteiger partial charge < -0.3 is 9.80 Å². The van der Waals surface area contributed by atoms with Gasteiger partial charge in [0.1, 0.15) is 16.5 Å². The van der Waals surface area contributed by atoms with Gasteiger partial charge in [0.2, 0.25) is 5.95 Å².